The smallest absolute Gasteiger partial charge is 0.283 e. The van der Waals surface area contributed by atoms with Crippen LogP contribution >= 0.6 is 15.9 Å². The van der Waals surface area contributed by atoms with Gasteiger partial charge in [0, 0.05) is 25.6 Å². The highest BCUT2D eigenvalue weighted by atomic mass is 79.9. The molecule has 0 bridgehead atoms. The summed E-state index contributed by atoms with van der Waals surface area (Å²) in [6.45, 7) is 3.29. The van der Waals surface area contributed by atoms with Crippen molar-refractivity contribution >= 4 is 27.5 Å². The van der Waals surface area contributed by atoms with E-state index in [1.54, 1.807) is 11.0 Å². The van der Waals surface area contributed by atoms with Crippen LogP contribution in [0, 0.1) is 16.0 Å². The molecule has 6 heteroatoms. The lowest BCUT2D eigenvalue weighted by atomic mass is 10.0. The van der Waals surface area contributed by atoms with E-state index in [2.05, 4.69) is 22.9 Å². The normalized spacial score (nSPS) is 19.8. The van der Waals surface area contributed by atoms with Gasteiger partial charge < -0.3 is 4.90 Å². The average Bonchev–Trinajstić information content (AvgIpc) is 2.56. The summed E-state index contributed by atoms with van der Waals surface area (Å²) in [5.41, 5.74) is 0.820. The van der Waals surface area contributed by atoms with E-state index in [0.717, 1.165) is 24.9 Å². The van der Waals surface area contributed by atoms with Gasteiger partial charge in [0.1, 0.15) is 4.47 Å². The molecule has 0 spiro atoms. The van der Waals surface area contributed by atoms with Crippen molar-refractivity contribution < 1.29 is 9.72 Å². The zero-order valence-electron chi connectivity index (χ0n) is 11.3. The Morgan fingerprint density at radius 2 is 2.20 bits per heavy atom. The number of benzene rings is 1. The maximum atomic E-state index is 12.1. The number of nitro groups is 1. The van der Waals surface area contributed by atoms with E-state index < -0.39 is 4.92 Å². The standard InChI is InChI=1S/C14H17BrN2O3/c1-10-5-6-13(18)16(8-7-10)9-11-3-2-4-12(14(11)15)17(19)20/h2-4,10H,5-9H2,1H3. The van der Waals surface area contributed by atoms with Crippen molar-refractivity contribution in [2.45, 2.75) is 32.7 Å². The fourth-order valence-corrected chi connectivity index (χ4v) is 2.91. The van der Waals surface area contributed by atoms with Crippen LogP contribution < -0.4 is 0 Å². The molecular formula is C14H17BrN2O3. The first-order valence-corrected chi connectivity index (χ1v) is 7.48. The quantitative estimate of drug-likeness (QED) is 0.624. The number of carbonyl (C=O) groups excluding carboxylic acids is 1. The third kappa shape index (κ3) is 3.36. The SMILES string of the molecule is CC1CCC(=O)N(Cc2cccc([N+](=O)[O-])c2Br)CC1. The van der Waals surface area contributed by atoms with Gasteiger partial charge in [0.15, 0.2) is 0 Å². The van der Waals surface area contributed by atoms with Crippen molar-refractivity contribution in [2.24, 2.45) is 5.92 Å². The average molecular weight is 341 g/mol. The van der Waals surface area contributed by atoms with E-state index >= 15 is 0 Å². The number of carbonyl (C=O) groups is 1. The topological polar surface area (TPSA) is 63.5 Å². The van der Waals surface area contributed by atoms with Gasteiger partial charge in [-0.2, -0.15) is 0 Å². The summed E-state index contributed by atoms with van der Waals surface area (Å²) in [7, 11) is 0. The highest BCUT2D eigenvalue weighted by molar-refractivity contribution is 9.10. The number of halogens is 1. The first-order chi connectivity index (χ1) is 9.49. The van der Waals surface area contributed by atoms with Crippen LogP contribution in [0.25, 0.3) is 0 Å². The number of amides is 1. The number of nitrogens with zero attached hydrogens (tertiary/aromatic N) is 2. The highest BCUT2D eigenvalue weighted by Crippen LogP contribution is 2.30. The molecule has 0 aromatic heterocycles. The van der Waals surface area contributed by atoms with Gasteiger partial charge in [-0.15, -0.1) is 0 Å². The number of hydrogen-bond acceptors (Lipinski definition) is 3. The van der Waals surface area contributed by atoms with E-state index in [0.29, 0.717) is 23.4 Å². The molecule has 20 heavy (non-hydrogen) atoms. The first-order valence-electron chi connectivity index (χ1n) is 6.68. The second-order valence-corrected chi connectivity index (χ2v) is 6.05. The Kier molecular flexibility index (Phi) is 4.75. The fourth-order valence-electron chi connectivity index (χ4n) is 2.38. The van der Waals surface area contributed by atoms with E-state index in [1.165, 1.54) is 6.07 Å². The maximum absolute atomic E-state index is 12.1. The predicted octanol–water partition coefficient (Wildman–Crippen LogP) is 3.51. The molecule has 1 aliphatic heterocycles. The van der Waals surface area contributed by atoms with Crippen molar-refractivity contribution in [2.75, 3.05) is 6.54 Å². The molecule has 2 rings (SSSR count). The zero-order chi connectivity index (χ0) is 14.7. The van der Waals surface area contributed by atoms with Gasteiger partial charge >= 0.3 is 0 Å². The molecule has 1 aromatic rings. The number of rotatable bonds is 3. The molecule has 1 atom stereocenters. The lowest BCUT2D eigenvalue weighted by Crippen LogP contribution is -2.29. The van der Waals surface area contributed by atoms with Crippen LogP contribution in [0.2, 0.25) is 0 Å². The van der Waals surface area contributed by atoms with Crippen molar-refractivity contribution in [3.8, 4) is 0 Å². The molecule has 1 heterocycles. The summed E-state index contributed by atoms with van der Waals surface area (Å²) in [5.74, 6) is 0.685. The van der Waals surface area contributed by atoms with Crippen molar-refractivity contribution in [3.05, 3.63) is 38.3 Å². The second kappa shape index (κ2) is 6.35. The van der Waals surface area contributed by atoms with Gasteiger partial charge in [-0.3, -0.25) is 14.9 Å². The Morgan fingerprint density at radius 1 is 1.45 bits per heavy atom. The zero-order valence-corrected chi connectivity index (χ0v) is 12.9. The molecule has 0 radical (unpaired) electrons. The lowest BCUT2D eigenvalue weighted by molar-refractivity contribution is -0.385. The number of nitro benzene ring substituents is 1. The molecule has 1 fully saturated rings. The molecule has 1 amide bonds. The van der Waals surface area contributed by atoms with Gasteiger partial charge in [0.05, 0.1) is 4.92 Å². The number of hydrogen-bond donors (Lipinski definition) is 0. The van der Waals surface area contributed by atoms with Crippen LogP contribution in [-0.2, 0) is 11.3 Å². The molecule has 108 valence electrons. The van der Waals surface area contributed by atoms with E-state index in [4.69, 9.17) is 0 Å². The molecular weight excluding hydrogens is 324 g/mol. The minimum Gasteiger partial charge on any atom is -0.338 e. The predicted molar refractivity (Wildman–Crippen MR) is 79.2 cm³/mol. The monoisotopic (exact) mass is 340 g/mol. The van der Waals surface area contributed by atoms with Crippen molar-refractivity contribution in [3.63, 3.8) is 0 Å². The summed E-state index contributed by atoms with van der Waals surface area (Å²) in [4.78, 5) is 24.4. The minimum atomic E-state index is -0.417. The molecule has 1 saturated heterocycles. The minimum absolute atomic E-state index is 0.0399. The third-order valence-corrected chi connectivity index (χ3v) is 4.63. The van der Waals surface area contributed by atoms with E-state index in [-0.39, 0.29) is 11.6 Å². The Hall–Kier alpha value is -1.43. The molecule has 0 N–H and O–H groups in total. The molecule has 0 saturated carbocycles. The highest BCUT2D eigenvalue weighted by Gasteiger charge is 2.22. The van der Waals surface area contributed by atoms with Gasteiger partial charge in [0.2, 0.25) is 5.91 Å². The van der Waals surface area contributed by atoms with Gasteiger partial charge in [-0.25, -0.2) is 0 Å². The Bertz CT molecular complexity index is 533. The van der Waals surface area contributed by atoms with Crippen LogP contribution in [0.5, 0.6) is 0 Å². The lowest BCUT2D eigenvalue weighted by Gasteiger charge is -2.21. The van der Waals surface area contributed by atoms with Crippen LogP contribution in [0.4, 0.5) is 5.69 Å². The second-order valence-electron chi connectivity index (χ2n) is 5.26. The summed E-state index contributed by atoms with van der Waals surface area (Å²) in [6.07, 6.45) is 2.47. The third-order valence-electron chi connectivity index (χ3n) is 3.71. The maximum Gasteiger partial charge on any atom is 0.283 e. The number of likely N-dealkylation sites (tertiary alicyclic amines) is 1. The molecule has 1 aromatic carbocycles. The van der Waals surface area contributed by atoms with E-state index in [1.807, 2.05) is 6.07 Å². The van der Waals surface area contributed by atoms with Crippen molar-refractivity contribution in [1.82, 2.24) is 4.90 Å². The molecule has 0 aliphatic carbocycles. The molecule has 1 aliphatic rings. The van der Waals surface area contributed by atoms with Crippen LogP contribution in [0.3, 0.4) is 0 Å². The first kappa shape index (κ1) is 15.0. The Labute approximate surface area is 126 Å². The van der Waals surface area contributed by atoms with Crippen LogP contribution in [0.1, 0.15) is 31.7 Å². The summed E-state index contributed by atoms with van der Waals surface area (Å²) >= 11 is 3.28. The van der Waals surface area contributed by atoms with E-state index in [9.17, 15) is 14.9 Å². The van der Waals surface area contributed by atoms with Crippen molar-refractivity contribution in [1.29, 1.82) is 0 Å². The van der Waals surface area contributed by atoms with Gasteiger partial charge in [-0.05, 0) is 40.3 Å². The Balaban J connectivity index is 2.19. The van der Waals surface area contributed by atoms with Crippen LogP contribution in [-0.4, -0.2) is 22.3 Å². The fraction of sp³-hybridized carbons (Fsp3) is 0.500. The van der Waals surface area contributed by atoms with Gasteiger partial charge in [-0.1, -0.05) is 19.1 Å². The summed E-state index contributed by atoms with van der Waals surface area (Å²) < 4.78 is 0.468. The Morgan fingerprint density at radius 3 is 2.90 bits per heavy atom. The molecule has 5 nitrogen and oxygen atoms in total. The van der Waals surface area contributed by atoms with Gasteiger partial charge in [0.25, 0.3) is 5.69 Å². The molecule has 1 unspecified atom stereocenters. The summed E-state index contributed by atoms with van der Waals surface area (Å²) in [5, 5.41) is 10.9. The van der Waals surface area contributed by atoms with Crippen LogP contribution in [0.15, 0.2) is 22.7 Å². The summed E-state index contributed by atoms with van der Waals surface area (Å²) in [6, 6.07) is 4.93. The largest absolute Gasteiger partial charge is 0.338 e.